The number of benzene rings is 2. The molecule has 0 aliphatic carbocycles. The van der Waals surface area contributed by atoms with E-state index >= 15 is 0 Å². The number of urea groups is 1. The van der Waals surface area contributed by atoms with Crippen LogP contribution in [0, 0.1) is 24.0 Å². The van der Waals surface area contributed by atoms with Crippen LogP contribution in [0.5, 0.6) is 5.75 Å². The maximum Gasteiger partial charge on any atom is 0.321 e. The van der Waals surface area contributed by atoms with E-state index in [-0.39, 0.29) is 12.4 Å². The number of anilines is 1. The van der Waals surface area contributed by atoms with Crippen LogP contribution in [0.2, 0.25) is 5.02 Å². The summed E-state index contributed by atoms with van der Waals surface area (Å²) in [7, 11) is 0. The lowest BCUT2D eigenvalue weighted by molar-refractivity contribution is -0.384. The van der Waals surface area contributed by atoms with Gasteiger partial charge < -0.3 is 15.4 Å². The van der Waals surface area contributed by atoms with Crippen LogP contribution in [-0.4, -0.2) is 17.7 Å². The second-order valence-electron chi connectivity index (χ2n) is 5.10. The molecule has 7 nitrogen and oxygen atoms in total. The van der Waals surface area contributed by atoms with Crippen molar-refractivity contribution in [1.29, 1.82) is 0 Å². The number of rotatable bonds is 5. The molecule has 0 aliphatic rings. The SMILES string of the molecule is Cc1cc(OCNC(=O)Nc2cccc([N+](=O)[O-])c2)cc(C)c1Cl. The molecule has 2 aromatic carbocycles. The summed E-state index contributed by atoms with van der Waals surface area (Å²) in [5.74, 6) is 0.588. The van der Waals surface area contributed by atoms with E-state index in [0.29, 0.717) is 16.5 Å². The molecule has 2 amide bonds. The predicted molar refractivity (Wildman–Crippen MR) is 91.7 cm³/mol. The van der Waals surface area contributed by atoms with Gasteiger partial charge in [-0.05, 0) is 43.2 Å². The van der Waals surface area contributed by atoms with Crippen molar-refractivity contribution in [3.8, 4) is 5.75 Å². The van der Waals surface area contributed by atoms with Gasteiger partial charge in [-0.2, -0.15) is 0 Å². The third-order valence-electron chi connectivity index (χ3n) is 3.20. The quantitative estimate of drug-likeness (QED) is 0.484. The largest absolute Gasteiger partial charge is 0.473 e. The van der Waals surface area contributed by atoms with Crippen molar-refractivity contribution in [2.45, 2.75) is 13.8 Å². The minimum absolute atomic E-state index is 0.0543. The maximum absolute atomic E-state index is 11.8. The lowest BCUT2D eigenvalue weighted by Gasteiger charge is -2.11. The summed E-state index contributed by atoms with van der Waals surface area (Å²) in [6.07, 6.45) is 0. The van der Waals surface area contributed by atoms with Gasteiger partial charge in [-0.15, -0.1) is 0 Å². The van der Waals surface area contributed by atoms with E-state index in [1.54, 1.807) is 18.2 Å². The molecule has 0 fully saturated rings. The van der Waals surface area contributed by atoms with Crippen molar-refractivity contribution in [3.63, 3.8) is 0 Å². The Labute approximate surface area is 143 Å². The summed E-state index contributed by atoms with van der Waals surface area (Å²) in [6.45, 7) is 3.68. The zero-order valence-corrected chi connectivity index (χ0v) is 13.9. The van der Waals surface area contributed by atoms with E-state index in [4.69, 9.17) is 16.3 Å². The molecular formula is C16H16ClN3O4. The Morgan fingerprint density at radius 1 is 1.25 bits per heavy atom. The van der Waals surface area contributed by atoms with Crippen molar-refractivity contribution in [2.75, 3.05) is 12.0 Å². The van der Waals surface area contributed by atoms with E-state index in [1.807, 2.05) is 13.8 Å². The lowest BCUT2D eigenvalue weighted by atomic mass is 10.1. The molecule has 2 N–H and O–H groups in total. The number of nitrogens with zero attached hydrogens (tertiary/aromatic N) is 1. The second-order valence-corrected chi connectivity index (χ2v) is 5.48. The molecule has 8 heteroatoms. The summed E-state index contributed by atoms with van der Waals surface area (Å²) < 4.78 is 5.45. The number of carbonyl (C=O) groups is 1. The number of nitro groups is 1. The number of hydrogen-bond donors (Lipinski definition) is 2. The second kappa shape index (κ2) is 7.65. The molecular weight excluding hydrogens is 334 g/mol. The third kappa shape index (κ3) is 4.60. The first kappa shape index (κ1) is 17.6. The van der Waals surface area contributed by atoms with Crippen LogP contribution in [0.4, 0.5) is 16.2 Å². The summed E-state index contributed by atoms with van der Waals surface area (Å²) >= 11 is 6.08. The Bertz CT molecular complexity index is 757. The van der Waals surface area contributed by atoms with Crippen LogP contribution >= 0.6 is 11.6 Å². The number of nitro benzene ring substituents is 1. The highest BCUT2D eigenvalue weighted by Gasteiger charge is 2.08. The Hall–Kier alpha value is -2.80. The summed E-state index contributed by atoms with van der Waals surface area (Å²) in [4.78, 5) is 21.9. The van der Waals surface area contributed by atoms with Crippen LogP contribution in [0.1, 0.15) is 11.1 Å². The fraction of sp³-hybridized carbons (Fsp3) is 0.188. The van der Waals surface area contributed by atoms with Crippen molar-refractivity contribution in [1.82, 2.24) is 5.32 Å². The van der Waals surface area contributed by atoms with Crippen molar-refractivity contribution in [3.05, 3.63) is 62.7 Å². The highest BCUT2D eigenvalue weighted by Crippen LogP contribution is 2.25. The number of ether oxygens (including phenoxy) is 1. The Balaban J connectivity index is 1.88. The van der Waals surface area contributed by atoms with Crippen LogP contribution in [0.25, 0.3) is 0 Å². The first-order chi connectivity index (χ1) is 11.4. The van der Waals surface area contributed by atoms with Gasteiger partial charge in [0.1, 0.15) is 5.75 Å². The monoisotopic (exact) mass is 349 g/mol. The van der Waals surface area contributed by atoms with Gasteiger partial charge >= 0.3 is 6.03 Å². The van der Waals surface area contributed by atoms with Crippen LogP contribution in [0.3, 0.4) is 0 Å². The zero-order chi connectivity index (χ0) is 17.7. The van der Waals surface area contributed by atoms with Gasteiger partial charge in [0.15, 0.2) is 6.73 Å². The summed E-state index contributed by atoms with van der Waals surface area (Å²) in [5, 5.41) is 16.4. The van der Waals surface area contributed by atoms with Gasteiger partial charge in [-0.1, -0.05) is 17.7 Å². The number of carbonyl (C=O) groups excluding carboxylic acids is 1. The Morgan fingerprint density at radius 3 is 2.54 bits per heavy atom. The number of halogens is 1. The van der Waals surface area contributed by atoms with Crippen molar-refractivity contribution >= 4 is 29.0 Å². The van der Waals surface area contributed by atoms with Crippen LogP contribution in [-0.2, 0) is 0 Å². The average molecular weight is 350 g/mol. The number of non-ortho nitro benzene ring substituents is 1. The van der Waals surface area contributed by atoms with E-state index in [0.717, 1.165) is 11.1 Å². The van der Waals surface area contributed by atoms with Crippen molar-refractivity contribution < 1.29 is 14.5 Å². The molecule has 0 heterocycles. The maximum atomic E-state index is 11.8. The molecule has 0 saturated heterocycles. The topological polar surface area (TPSA) is 93.5 Å². The Morgan fingerprint density at radius 2 is 1.92 bits per heavy atom. The van der Waals surface area contributed by atoms with E-state index in [9.17, 15) is 14.9 Å². The number of amides is 2. The molecule has 126 valence electrons. The first-order valence-corrected chi connectivity index (χ1v) is 7.43. The fourth-order valence-corrected chi connectivity index (χ4v) is 2.16. The Kier molecular flexibility index (Phi) is 5.59. The molecule has 0 aromatic heterocycles. The highest BCUT2D eigenvalue weighted by molar-refractivity contribution is 6.32. The molecule has 0 saturated carbocycles. The molecule has 0 unspecified atom stereocenters. The number of nitrogens with one attached hydrogen (secondary N) is 2. The predicted octanol–water partition coefficient (Wildman–Crippen LogP) is 4.02. The molecule has 2 rings (SSSR count). The zero-order valence-electron chi connectivity index (χ0n) is 13.1. The molecule has 0 bridgehead atoms. The highest BCUT2D eigenvalue weighted by atomic mass is 35.5. The van der Waals surface area contributed by atoms with E-state index < -0.39 is 11.0 Å². The first-order valence-electron chi connectivity index (χ1n) is 7.05. The molecule has 0 atom stereocenters. The van der Waals surface area contributed by atoms with Gasteiger partial charge in [-0.25, -0.2) is 4.79 Å². The summed E-state index contributed by atoms with van der Waals surface area (Å²) in [6, 6.07) is 8.68. The minimum Gasteiger partial charge on any atom is -0.473 e. The molecule has 0 aliphatic heterocycles. The molecule has 2 aromatic rings. The minimum atomic E-state index is -0.530. The van der Waals surface area contributed by atoms with Gasteiger partial charge in [-0.3, -0.25) is 10.1 Å². The van der Waals surface area contributed by atoms with E-state index in [2.05, 4.69) is 10.6 Å². The normalized spacial score (nSPS) is 10.1. The standard InChI is InChI=1S/C16H16ClN3O4/c1-10-6-14(7-11(2)15(10)17)24-9-18-16(21)19-12-4-3-5-13(8-12)20(22)23/h3-8H,9H2,1-2H3,(H2,18,19,21). The van der Waals surface area contributed by atoms with Gasteiger partial charge in [0.05, 0.1) is 4.92 Å². The third-order valence-corrected chi connectivity index (χ3v) is 3.79. The molecule has 0 spiro atoms. The van der Waals surface area contributed by atoms with Gasteiger partial charge in [0.25, 0.3) is 5.69 Å². The van der Waals surface area contributed by atoms with E-state index in [1.165, 1.54) is 18.2 Å². The van der Waals surface area contributed by atoms with Gasteiger partial charge in [0, 0.05) is 22.8 Å². The summed E-state index contributed by atoms with van der Waals surface area (Å²) in [5.41, 5.74) is 1.98. The van der Waals surface area contributed by atoms with Crippen LogP contribution in [0.15, 0.2) is 36.4 Å². The van der Waals surface area contributed by atoms with Crippen molar-refractivity contribution in [2.24, 2.45) is 0 Å². The fourth-order valence-electron chi connectivity index (χ4n) is 2.05. The number of hydrogen-bond acceptors (Lipinski definition) is 4. The molecule has 24 heavy (non-hydrogen) atoms. The number of aryl methyl sites for hydroxylation is 2. The molecule has 0 radical (unpaired) electrons. The average Bonchev–Trinajstić information content (AvgIpc) is 2.52. The lowest BCUT2D eigenvalue weighted by Crippen LogP contribution is -2.32. The van der Waals surface area contributed by atoms with Crippen LogP contribution < -0.4 is 15.4 Å². The van der Waals surface area contributed by atoms with Gasteiger partial charge in [0.2, 0.25) is 0 Å². The smallest absolute Gasteiger partial charge is 0.321 e.